The summed E-state index contributed by atoms with van der Waals surface area (Å²) in [7, 11) is 0. The summed E-state index contributed by atoms with van der Waals surface area (Å²) in [5.41, 5.74) is 3.16. The van der Waals surface area contributed by atoms with Gasteiger partial charge in [-0.2, -0.15) is 5.10 Å². The Kier molecular flexibility index (Phi) is 4.66. The third kappa shape index (κ3) is 3.72. The van der Waals surface area contributed by atoms with Crippen molar-refractivity contribution in [2.75, 3.05) is 11.4 Å². The van der Waals surface area contributed by atoms with Crippen LogP contribution in [0.2, 0.25) is 0 Å². The number of anilines is 1. The number of ketones is 1. The summed E-state index contributed by atoms with van der Waals surface area (Å²) < 4.78 is 1.77. The van der Waals surface area contributed by atoms with Crippen molar-refractivity contribution in [2.24, 2.45) is 0 Å². The average molecular weight is 357 g/mol. The van der Waals surface area contributed by atoms with Crippen LogP contribution in [0.15, 0.2) is 73.1 Å². The predicted molar refractivity (Wildman–Crippen MR) is 105 cm³/mol. The number of benzene rings is 2. The predicted octanol–water partition coefficient (Wildman–Crippen LogP) is 3.90. The lowest BCUT2D eigenvalue weighted by molar-refractivity contribution is -0.117. The Morgan fingerprint density at radius 1 is 1.04 bits per heavy atom. The molecule has 0 atom stereocenters. The lowest BCUT2D eigenvalue weighted by Gasteiger charge is -2.16. The van der Waals surface area contributed by atoms with Gasteiger partial charge in [0.25, 0.3) is 0 Å². The van der Waals surface area contributed by atoms with Gasteiger partial charge in [0.1, 0.15) is 0 Å². The minimum Gasteiger partial charge on any atom is -0.312 e. The Labute approximate surface area is 157 Å². The van der Waals surface area contributed by atoms with Gasteiger partial charge in [-0.1, -0.05) is 30.3 Å². The number of allylic oxidation sites excluding steroid dienone is 1. The van der Waals surface area contributed by atoms with Crippen molar-refractivity contribution in [1.29, 1.82) is 0 Å². The maximum atomic E-state index is 12.5. The summed E-state index contributed by atoms with van der Waals surface area (Å²) in [4.78, 5) is 26.2. The lowest BCUT2D eigenvalue weighted by Crippen LogP contribution is -2.23. The van der Waals surface area contributed by atoms with E-state index in [1.165, 1.54) is 6.08 Å². The molecular formula is C22H19N3O2. The van der Waals surface area contributed by atoms with Crippen LogP contribution in [0, 0.1) is 0 Å². The van der Waals surface area contributed by atoms with E-state index in [1.54, 1.807) is 34.0 Å². The zero-order valence-electron chi connectivity index (χ0n) is 14.8. The molecule has 1 aliphatic heterocycles. The van der Waals surface area contributed by atoms with Crippen molar-refractivity contribution in [3.63, 3.8) is 0 Å². The molecule has 2 heterocycles. The van der Waals surface area contributed by atoms with Crippen molar-refractivity contribution in [3.05, 3.63) is 84.2 Å². The Balaban J connectivity index is 1.49. The van der Waals surface area contributed by atoms with Gasteiger partial charge in [-0.15, -0.1) is 0 Å². The zero-order valence-corrected chi connectivity index (χ0v) is 14.8. The molecule has 3 aromatic rings. The molecule has 0 saturated carbocycles. The molecule has 2 aromatic carbocycles. The first kappa shape index (κ1) is 17.0. The average Bonchev–Trinajstić information content (AvgIpc) is 3.36. The monoisotopic (exact) mass is 357 g/mol. The van der Waals surface area contributed by atoms with Gasteiger partial charge in [0.15, 0.2) is 5.78 Å². The fourth-order valence-corrected chi connectivity index (χ4v) is 3.16. The maximum absolute atomic E-state index is 12.5. The quantitative estimate of drug-likeness (QED) is 0.514. The number of carbonyl (C=O) groups excluding carboxylic acids is 2. The number of amides is 1. The summed E-state index contributed by atoms with van der Waals surface area (Å²) in [5.74, 6) is 0.0134. The number of aromatic nitrogens is 2. The standard InChI is InChI=1S/C22H19N3O2/c26-21(18-6-4-9-20(14-18)24-13-5-10-22(24)27)12-11-17-15-23-25(16-17)19-7-2-1-3-8-19/h1-4,6-9,11-12,14-16H,5,10,13H2. The summed E-state index contributed by atoms with van der Waals surface area (Å²) in [6.07, 6.45) is 8.32. The number of carbonyl (C=O) groups is 2. The Hall–Kier alpha value is -3.47. The van der Waals surface area contributed by atoms with Gasteiger partial charge in [-0.3, -0.25) is 9.59 Å². The molecule has 0 unspecified atom stereocenters. The van der Waals surface area contributed by atoms with Crippen LogP contribution in [-0.4, -0.2) is 28.0 Å². The number of para-hydroxylation sites is 1. The summed E-state index contributed by atoms with van der Waals surface area (Å²) in [5, 5.41) is 4.32. The van der Waals surface area contributed by atoms with Crippen LogP contribution in [0.3, 0.4) is 0 Å². The molecule has 27 heavy (non-hydrogen) atoms. The third-order valence-electron chi connectivity index (χ3n) is 4.57. The molecule has 1 aliphatic rings. The van der Waals surface area contributed by atoms with E-state index >= 15 is 0 Å². The molecule has 1 amide bonds. The van der Waals surface area contributed by atoms with Crippen LogP contribution < -0.4 is 4.90 Å². The highest BCUT2D eigenvalue weighted by atomic mass is 16.2. The second-order valence-electron chi connectivity index (χ2n) is 6.45. The molecular weight excluding hydrogens is 338 g/mol. The Morgan fingerprint density at radius 3 is 2.63 bits per heavy atom. The molecule has 1 saturated heterocycles. The molecule has 0 N–H and O–H groups in total. The molecule has 0 radical (unpaired) electrons. The Bertz CT molecular complexity index is 1010. The molecule has 1 aromatic heterocycles. The zero-order chi connectivity index (χ0) is 18.6. The summed E-state index contributed by atoms with van der Waals surface area (Å²) in [6.45, 7) is 0.713. The normalized spacial score (nSPS) is 14.2. The largest absolute Gasteiger partial charge is 0.312 e. The first-order valence-corrected chi connectivity index (χ1v) is 8.94. The third-order valence-corrected chi connectivity index (χ3v) is 4.57. The van der Waals surface area contributed by atoms with Crippen LogP contribution in [-0.2, 0) is 4.79 Å². The van der Waals surface area contributed by atoms with E-state index in [2.05, 4.69) is 5.10 Å². The van der Waals surface area contributed by atoms with E-state index in [9.17, 15) is 9.59 Å². The highest BCUT2D eigenvalue weighted by Gasteiger charge is 2.22. The van der Waals surface area contributed by atoms with E-state index in [0.717, 1.165) is 23.4 Å². The van der Waals surface area contributed by atoms with Gasteiger partial charge in [-0.25, -0.2) is 4.68 Å². The molecule has 0 aliphatic carbocycles. The topological polar surface area (TPSA) is 55.2 Å². The SMILES string of the molecule is O=C(C=Cc1cnn(-c2ccccc2)c1)c1cccc(N2CCCC2=O)c1. The number of rotatable bonds is 5. The molecule has 0 spiro atoms. The van der Waals surface area contributed by atoms with Gasteiger partial charge in [-0.05, 0) is 42.8 Å². The van der Waals surface area contributed by atoms with E-state index in [4.69, 9.17) is 0 Å². The molecule has 4 rings (SSSR count). The van der Waals surface area contributed by atoms with Crippen LogP contribution in [0.4, 0.5) is 5.69 Å². The first-order valence-electron chi connectivity index (χ1n) is 8.94. The lowest BCUT2D eigenvalue weighted by atomic mass is 10.1. The van der Waals surface area contributed by atoms with Crippen LogP contribution in [0.5, 0.6) is 0 Å². The van der Waals surface area contributed by atoms with Gasteiger partial charge < -0.3 is 4.90 Å². The number of hydrogen-bond acceptors (Lipinski definition) is 3. The molecule has 0 bridgehead atoms. The van der Waals surface area contributed by atoms with Gasteiger partial charge in [0.05, 0.1) is 11.9 Å². The molecule has 5 nitrogen and oxygen atoms in total. The smallest absolute Gasteiger partial charge is 0.227 e. The van der Waals surface area contributed by atoms with E-state index in [1.807, 2.05) is 48.7 Å². The number of hydrogen-bond donors (Lipinski definition) is 0. The number of nitrogens with zero attached hydrogens (tertiary/aromatic N) is 3. The van der Waals surface area contributed by atoms with Crippen molar-refractivity contribution < 1.29 is 9.59 Å². The van der Waals surface area contributed by atoms with Crippen molar-refractivity contribution in [1.82, 2.24) is 9.78 Å². The summed E-state index contributed by atoms with van der Waals surface area (Å²) >= 11 is 0. The maximum Gasteiger partial charge on any atom is 0.227 e. The summed E-state index contributed by atoms with van der Waals surface area (Å²) in [6, 6.07) is 17.0. The highest BCUT2D eigenvalue weighted by Crippen LogP contribution is 2.22. The second kappa shape index (κ2) is 7.41. The van der Waals surface area contributed by atoms with Gasteiger partial charge >= 0.3 is 0 Å². The second-order valence-corrected chi connectivity index (χ2v) is 6.45. The van der Waals surface area contributed by atoms with Crippen molar-refractivity contribution in [3.8, 4) is 5.69 Å². The molecule has 1 fully saturated rings. The fourth-order valence-electron chi connectivity index (χ4n) is 3.16. The molecule has 134 valence electrons. The van der Waals surface area contributed by atoms with Crippen molar-refractivity contribution in [2.45, 2.75) is 12.8 Å². The first-order chi connectivity index (χ1) is 13.2. The van der Waals surface area contributed by atoms with Gasteiger partial charge in [0.2, 0.25) is 5.91 Å². The highest BCUT2D eigenvalue weighted by molar-refractivity contribution is 6.08. The van der Waals surface area contributed by atoms with Crippen LogP contribution in [0.25, 0.3) is 11.8 Å². The van der Waals surface area contributed by atoms with E-state index in [-0.39, 0.29) is 11.7 Å². The van der Waals surface area contributed by atoms with Crippen molar-refractivity contribution >= 4 is 23.5 Å². The molecule has 5 heteroatoms. The Morgan fingerprint density at radius 2 is 1.85 bits per heavy atom. The minimum atomic E-state index is -0.101. The van der Waals surface area contributed by atoms with Crippen LogP contribution in [0.1, 0.15) is 28.8 Å². The van der Waals surface area contributed by atoms with Gasteiger partial charge in [0, 0.05) is 36.0 Å². The van der Waals surface area contributed by atoms with Crippen LogP contribution >= 0.6 is 0 Å². The fraction of sp³-hybridized carbons (Fsp3) is 0.136. The van der Waals surface area contributed by atoms with E-state index < -0.39 is 0 Å². The van der Waals surface area contributed by atoms with E-state index in [0.29, 0.717) is 18.5 Å². The minimum absolute atomic E-state index is 0.101.